The summed E-state index contributed by atoms with van der Waals surface area (Å²) in [5.74, 6) is 0. The van der Waals surface area contributed by atoms with Gasteiger partial charge < -0.3 is 5.32 Å². The Balaban J connectivity index is 1.98. The van der Waals surface area contributed by atoms with Gasteiger partial charge in [-0.1, -0.05) is 19.3 Å². The molecule has 2 aliphatic carbocycles. The van der Waals surface area contributed by atoms with E-state index in [4.69, 9.17) is 0 Å². The Morgan fingerprint density at radius 1 is 1.00 bits per heavy atom. The van der Waals surface area contributed by atoms with Crippen LogP contribution < -0.4 is 5.32 Å². The first-order chi connectivity index (χ1) is 7.80. The molecule has 1 N–H and O–H groups in total. The van der Waals surface area contributed by atoms with Gasteiger partial charge in [0.25, 0.3) is 5.24 Å². The zero-order chi connectivity index (χ0) is 11.0. The summed E-state index contributed by atoms with van der Waals surface area (Å²) < 4.78 is 0. The van der Waals surface area contributed by atoms with Gasteiger partial charge in [0, 0.05) is 0 Å². The predicted octanol–water partition coefficient (Wildman–Crippen LogP) is 3.97. The number of carbonyl (C=O) groups is 1. The number of hydrogen-bond donors (Lipinski definition) is 1. The first-order valence-electron chi connectivity index (χ1n) is 6.53. The predicted molar refractivity (Wildman–Crippen MR) is 67.4 cm³/mol. The molecule has 88 valence electrons. The van der Waals surface area contributed by atoms with Gasteiger partial charge in [-0.3, -0.25) is 4.79 Å². The number of rotatable bonds is 0. The molecule has 1 heterocycles. The Labute approximate surface area is 101 Å². The van der Waals surface area contributed by atoms with Gasteiger partial charge in [0.1, 0.15) is 0 Å². The summed E-state index contributed by atoms with van der Waals surface area (Å²) >= 11 is 1.47. The fourth-order valence-corrected chi connectivity index (χ4v) is 4.62. The Morgan fingerprint density at radius 3 is 2.56 bits per heavy atom. The van der Waals surface area contributed by atoms with Gasteiger partial charge in [0.05, 0.1) is 5.54 Å². The van der Waals surface area contributed by atoms with E-state index in [1.165, 1.54) is 68.0 Å². The highest BCUT2D eigenvalue weighted by atomic mass is 32.2. The number of fused-ring (bicyclic) bond motifs is 1. The van der Waals surface area contributed by atoms with Crippen LogP contribution >= 0.6 is 11.8 Å². The molecule has 3 aliphatic rings. The van der Waals surface area contributed by atoms with Crippen LogP contribution in [0.2, 0.25) is 0 Å². The number of nitrogens with one attached hydrogen (secondary N) is 1. The third-order valence-corrected chi connectivity index (χ3v) is 5.24. The van der Waals surface area contributed by atoms with Crippen LogP contribution in [0.4, 0.5) is 4.79 Å². The molecule has 0 radical (unpaired) electrons. The van der Waals surface area contributed by atoms with E-state index in [9.17, 15) is 4.79 Å². The quantitative estimate of drug-likeness (QED) is 0.690. The molecule has 1 spiro atoms. The first kappa shape index (κ1) is 10.7. The molecule has 0 aromatic carbocycles. The summed E-state index contributed by atoms with van der Waals surface area (Å²) in [6, 6.07) is 0. The van der Waals surface area contributed by atoms with Crippen LogP contribution in [-0.2, 0) is 0 Å². The number of carbonyl (C=O) groups excluding carboxylic acids is 1. The van der Waals surface area contributed by atoms with Crippen molar-refractivity contribution in [2.24, 2.45) is 0 Å². The van der Waals surface area contributed by atoms with E-state index in [-0.39, 0.29) is 10.8 Å². The van der Waals surface area contributed by atoms with Crippen LogP contribution in [0.25, 0.3) is 0 Å². The van der Waals surface area contributed by atoms with E-state index >= 15 is 0 Å². The maximum atomic E-state index is 11.8. The van der Waals surface area contributed by atoms with Crippen LogP contribution in [0.3, 0.4) is 0 Å². The summed E-state index contributed by atoms with van der Waals surface area (Å²) in [7, 11) is 0. The number of allylic oxidation sites excluding steroid dienone is 1. The summed E-state index contributed by atoms with van der Waals surface area (Å²) in [6.07, 6.45) is 11.2. The normalized spacial score (nSPS) is 28.9. The highest BCUT2D eigenvalue weighted by molar-refractivity contribution is 8.16. The molecule has 1 fully saturated rings. The summed E-state index contributed by atoms with van der Waals surface area (Å²) in [5.41, 5.74) is 1.68. The van der Waals surface area contributed by atoms with E-state index in [1.807, 2.05) is 0 Å². The third-order valence-electron chi connectivity index (χ3n) is 4.26. The SMILES string of the molecule is O=C1NC2(CCCCC2)C2=C(CCCC2)S1. The average Bonchev–Trinajstić information content (AvgIpc) is 2.30. The lowest BCUT2D eigenvalue weighted by Crippen LogP contribution is -2.52. The third kappa shape index (κ3) is 1.69. The molecular formula is C13H19NOS. The molecule has 0 saturated heterocycles. The lowest BCUT2D eigenvalue weighted by atomic mass is 9.73. The van der Waals surface area contributed by atoms with Crippen LogP contribution in [0, 0.1) is 0 Å². The maximum Gasteiger partial charge on any atom is 0.284 e. The van der Waals surface area contributed by atoms with Gasteiger partial charge in [-0.2, -0.15) is 0 Å². The molecule has 0 aromatic heterocycles. The Bertz CT molecular complexity index is 342. The summed E-state index contributed by atoms with van der Waals surface area (Å²) in [5, 5.41) is 3.49. The van der Waals surface area contributed by atoms with Crippen molar-refractivity contribution in [3.63, 3.8) is 0 Å². The smallest absolute Gasteiger partial charge is 0.284 e. The zero-order valence-electron chi connectivity index (χ0n) is 9.68. The van der Waals surface area contributed by atoms with Crippen LogP contribution in [0.1, 0.15) is 57.8 Å². The largest absolute Gasteiger partial charge is 0.337 e. The minimum absolute atomic E-state index is 0.0797. The highest BCUT2D eigenvalue weighted by Crippen LogP contribution is 2.47. The van der Waals surface area contributed by atoms with Gasteiger partial charge in [-0.15, -0.1) is 0 Å². The molecule has 2 nitrogen and oxygen atoms in total. The molecule has 3 rings (SSSR count). The van der Waals surface area contributed by atoms with Crippen molar-refractivity contribution in [2.75, 3.05) is 0 Å². The average molecular weight is 237 g/mol. The van der Waals surface area contributed by atoms with Gasteiger partial charge in [-0.25, -0.2) is 0 Å². The second kappa shape index (κ2) is 4.10. The van der Waals surface area contributed by atoms with Crippen LogP contribution in [0.15, 0.2) is 10.5 Å². The van der Waals surface area contributed by atoms with E-state index < -0.39 is 0 Å². The van der Waals surface area contributed by atoms with Crippen molar-refractivity contribution < 1.29 is 4.79 Å². The van der Waals surface area contributed by atoms with E-state index in [1.54, 1.807) is 5.57 Å². The van der Waals surface area contributed by atoms with Crippen molar-refractivity contribution in [3.8, 4) is 0 Å². The molecule has 1 aliphatic heterocycles. The number of amides is 1. The Kier molecular flexibility index (Phi) is 2.74. The monoisotopic (exact) mass is 237 g/mol. The van der Waals surface area contributed by atoms with Gasteiger partial charge in [0.15, 0.2) is 0 Å². The molecule has 0 aromatic rings. The van der Waals surface area contributed by atoms with Gasteiger partial charge in [0.2, 0.25) is 0 Å². The van der Waals surface area contributed by atoms with Crippen molar-refractivity contribution >= 4 is 17.0 Å². The Hall–Kier alpha value is -0.440. The van der Waals surface area contributed by atoms with Crippen LogP contribution in [0.5, 0.6) is 0 Å². The number of thioether (sulfide) groups is 1. The van der Waals surface area contributed by atoms with Crippen molar-refractivity contribution in [2.45, 2.75) is 63.3 Å². The second-order valence-electron chi connectivity index (χ2n) is 5.27. The minimum Gasteiger partial charge on any atom is -0.337 e. The molecule has 1 amide bonds. The molecule has 0 unspecified atom stereocenters. The number of hydrogen-bond acceptors (Lipinski definition) is 2. The molecular weight excluding hydrogens is 218 g/mol. The summed E-state index contributed by atoms with van der Waals surface area (Å²) in [4.78, 5) is 13.2. The molecule has 3 heteroatoms. The van der Waals surface area contributed by atoms with Crippen molar-refractivity contribution in [1.82, 2.24) is 5.32 Å². The summed E-state index contributed by atoms with van der Waals surface area (Å²) in [6.45, 7) is 0. The van der Waals surface area contributed by atoms with Gasteiger partial charge in [-0.05, 0) is 60.8 Å². The molecule has 1 saturated carbocycles. The zero-order valence-corrected chi connectivity index (χ0v) is 10.5. The minimum atomic E-state index is 0.0797. The van der Waals surface area contributed by atoms with Crippen LogP contribution in [-0.4, -0.2) is 10.8 Å². The molecule has 16 heavy (non-hydrogen) atoms. The maximum absolute atomic E-state index is 11.8. The molecule has 0 atom stereocenters. The van der Waals surface area contributed by atoms with E-state index in [2.05, 4.69) is 5.32 Å². The van der Waals surface area contributed by atoms with Gasteiger partial charge >= 0.3 is 0 Å². The fraction of sp³-hybridized carbons (Fsp3) is 0.769. The lowest BCUT2D eigenvalue weighted by Gasteiger charge is -2.45. The lowest BCUT2D eigenvalue weighted by molar-refractivity contribution is 0.231. The standard InChI is InChI=1S/C13H19NOS/c15-12-14-13(8-4-1-5-9-13)10-6-2-3-7-11(10)16-12/h1-9H2,(H,14,15). The van der Waals surface area contributed by atoms with Crippen molar-refractivity contribution in [1.29, 1.82) is 0 Å². The fourth-order valence-electron chi connectivity index (χ4n) is 3.49. The van der Waals surface area contributed by atoms with E-state index in [0.717, 1.165) is 6.42 Å². The topological polar surface area (TPSA) is 29.1 Å². The van der Waals surface area contributed by atoms with E-state index in [0.29, 0.717) is 0 Å². The highest BCUT2D eigenvalue weighted by Gasteiger charge is 2.42. The van der Waals surface area contributed by atoms with Crippen molar-refractivity contribution in [3.05, 3.63) is 10.5 Å². The first-order valence-corrected chi connectivity index (χ1v) is 7.34. The Morgan fingerprint density at radius 2 is 1.75 bits per heavy atom. The molecule has 0 bridgehead atoms. The second-order valence-corrected chi connectivity index (χ2v) is 6.33.